The van der Waals surface area contributed by atoms with Gasteiger partial charge in [0.05, 0.1) is 16.7 Å². The lowest BCUT2D eigenvalue weighted by Gasteiger charge is -2.22. The molecular formula is C20H19N3O3. The van der Waals surface area contributed by atoms with E-state index in [2.05, 4.69) is 10.3 Å². The maximum Gasteiger partial charge on any atom is 0.256 e. The van der Waals surface area contributed by atoms with Crippen LogP contribution in [-0.2, 0) is 9.59 Å². The van der Waals surface area contributed by atoms with Gasteiger partial charge in [-0.3, -0.25) is 24.7 Å². The van der Waals surface area contributed by atoms with E-state index in [1.165, 1.54) is 0 Å². The van der Waals surface area contributed by atoms with E-state index < -0.39 is 5.41 Å². The average Bonchev–Trinajstić information content (AvgIpc) is 3.18. The Morgan fingerprint density at radius 1 is 1.19 bits per heavy atom. The fraction of sp³-hybridized carbons (Fsp3) is 0.300. The highest BCUT2D eigenvalue weighted by Crippen LogP contribution is 2.39. The lowest BCUT2D eigenvalue weighted by molar-refractivity contribution is -0.128. The molecule has 6 heteroatoms. The number of imide groups is 1. The summed E-state index contributed by atoms with van der Waals surface area (Å²) in [7, 11) is 0. The van der Waals surface area contributed by atoms with Gasteiger partial charge in [-0.2, -0.15) is 0 Å². The Morgan fingerprint density at radius 3 is 2.65 bits per heavy atom. The van der Waals surface area contributed by atoms with Crippen molar-refractivity contribution in [2.24, 2.45) is 5.41 Å². The zero-order valence-corrected chi connectivity index (χ0v) is 14.5. The van der Waals surface area contributed by atoms with Crippen molar-refractivity contribution in [3.05, 3.63) is 53.9 Å². The standard InChI is InChI=1S/C20H19N3O3/c1-13-17(15(7-9-21-13)14-5-3-2-4-6-14)18(25)23-10-8-20(12-23)11-16(24)22-19(20)26/h2-7,9H,8,10-12H2,1H3,(H,22,24,26)/t20-/m0/s1. The molecule has 26 heavy (non-hydrogen) atoms. The molecule has 0 unspecified atom stereocenters. The quantitative estimate of drug-likeness (QED) is 0.841. The molecule has 132 valence electrons. The largest absolute Gasteiger partial charge is 0.337 e. The van der Waals surface area contributed by atoms with E-state index in [4.69, 9.17) is 0 Å². The lowest BCUT2D eigenvalue weighted by Crippen LogP contribution is -2.37. The van der Waals surface area contributed by atoms with Gasteiger partial charge in [0.2, 0.25) is 11.8 Å². The molecule has 6 nitrogen and oxygen atoms in total. The summed E-state index contributed by atoms with van der Waals surface area (Å²) in [5.74, 6) is -0.658. The Hall–Kier alpha value is -3.02. The van der Waals surface area contributed by atoms with Gasteiger partial charge in [0.1, 0.15) is 0 Å². The third kappa shape index (κ3) is 2.58. The van der Waals surface area contributed by atoms with Gasteiger partial charge in [-0.25, -0.2) is 0 Å². The first-order valence-electron chi connectivity index (χ1n) is 8.65. The number of nitrogens with zero attached hydrogens (tertiary/aromatic N) is 2. The average molecular weight is 349 g/mol. The minimum absolute atomic E-state index is 0.140. The molecule has 2 aromatic rings. The number of hydrogen-bond donors (Lipinski definition) is 1. The molecule has 3 heterocycles. The third-order valence-electron chi connectivity index (χ3n) is 5.31. The number of nitrogens with one attached hydrogen (secondary N) is 1. The minimum atomic E-state index is -0.768. The van der Waals surface area contributed by atoms with Crippen LogP contribution in [0.15, 0.2) is 42.6 Å². The van der Waals surface area contributed by atoms with E-state index in [9.17, 15) is 14.4 Å². The minimum Gasteiger partial charge on any atom is -0.337 e. The molecule has 0 saturated carbocycles. The highest BCUT2D eigenvalue weighted by atomic mass is 16.2. The smallest absolute Gasteiger partial charge is 0.256 e. The molecule has 1 aromatic heterocycles. The van der Waals surface area contributed by atoms with Crippen LogP contribution < -0.4 is 5.32 Å². The van der Waals surface area contributed by atoms with Crippen molar-refractivity contribution in [2.75, 3.05) is 13.1 Å². The van der Waals surface area contributed by atoms with E-state index in [1.807, 2.05) is 43.3 Å². The van der Waals surface area contributed by atoms with Gasteiger partial charge in [-0.05, 0) is 30.5 Å². The van der Waals surface area contributed by atoms with Crippen LogP contribution in [0.25, 0.3) is 11.1 Å². The van der Waals surface area contributed by atoms with Crippen molar-refractivity contribution >= 4 is 17.7 Å². The molecule has 1 spiro atoms. The molecule has 3 amide bonds. The molecule has 0 radical (unpaired) electrons. The van der Waals surface area contributed by atoms with Gasteiger partial charge in [0, 0.05) is 25.7 Å². The number of rotatable bonds is 2. The van der Waals surface area contributed by atoms with Crippen LogP contribution in [0.4, 0.5) is 0 Å². The van der Waals surface area contributed by atoms with Gasteiger partial charge < -0.3 is 4.90 Å². The lowest BCUT2D eigenvalue weighted by atomic mass is 9.85. The van der Waals surface area contributed by atoms with Crippen molar-refractivity contribution in [1.82, 2.24) is 15.2 Å². The van der Waals surface area contributed by atoms with Crippen LogP contribution in [0.1, 0.15) is 28.9 Å². The molecular weight excluding hydrogens is 330 g/mol. The fourth-order valence-electron chi connectivity index (χ4n) is 3.92. The summed E-state index contributed by atoms with van der Waals surface area (Å²) in [6, 6.07) is 11.5. The number of likely N-dealkylation sites (tertiary alicyclic amines) is 1. The first-order chi connectivity index (χ1) is 12.5. The maximum absolute atomic E-state index is 13.3. The summed E-state index contributed by atoms with van der Waals surface area (Å²) in [6.45, 7) is 2.55. The second-order valence-electron chi connectivity index (χ2n) is 7.00. The van der Waals surface area contributed by atoms with Crippen LogP contribution in [0.5, 0.6) is 0 Å². The van der Waals surface area contributed by atoms with E-state index >= 15 is 0 Å². The molecule has 4 rings (SSSR count). The van der Waals surface area contributed by atoms with E-state index in [1.54, 1.807) is 11.1 Å². The molecule has 2 aliphatic heterocycles. The third-order valence-corrected chi connectivity index (χ3v) is 5.31. The number of carbonyl (C=O) groups is 3. The van der Waals surface area contributed by atoms with Crippen LogP contribution in [-0.4, -0.2) is 40.7 Å². The van der Waals surface area contributed by atoms with Crippen LogP contribution >= 0.6 is 0 Å². The topological polar surface area (TPSA) is 79.4 Å². The second kappa shape index (κ2) is 6.05. The predicted octanol–water partition coefficient (Wildman–Crippen LogP) is 1.94. The molecule has 1 N–H and O–H groups in total. The van der Waals surface area contributed by atoms with Crippen molar-refractivity contribution in [1.29, 1.82) is 0 Å². The van der Waals surface area contributed by atoms with Crippen molar-refractivity contribution in [3.63, 3.8) is 0 Å². The van der Waals surface area contributed by atoms with Crippen molar-refractivity contribution < 1.29 is 14.4 Å². The molecule has 0 aliphatic carbocycles. The summed E-state index contributed by atoms with van der Waals surface area (Å²) in [5, 5.41) is 2.37. The fourth-order valence-corrected chi connectivity index (χ4v) is 3.92. The van der Waals surface area contributed by atoms with E-state index in [-0.39, 0.29) is 30.7 Å². The second-order valence-corrected chi connectivity index (χ2v) is 7.00. The number of benzene rings is 1. The van der Waals surface area contributed by atoms with Crippen molar-refractivity contribution in [2.45, 2.75) is 19.8 Å². The van der Waals surface area contributed by atoms with Crippen LogP contribution in [0, 0.1) is 12.3 Å². The zero-order valence-electron chi connectivity index (χ0n) is 14.5. The summed E-state index contributed by atoms with van der Waals surface area (Å²) in [6.07, 6.45) is 2.37. The number of aryl methyl sites for hydroxylation is 1. The molecule has 2 saturated heterocycles. The van der Waals surface area contributed by atoms with E-state index in [0.717, 1.165) is 11.1 Å². The zero-order chi connectivity index (χ0) is 18.3. The first kappa shape index (κ1) is 16.4. The molecule has 2 aliphatic rings. The summed E-state index contributed by atoms with van der Waals surface area (Å²) in [4.78, 5) is 43.0. The van der Waals surface area contributed by atoms with Crippen molar-refractivity contribution in [3.8, 4) is 11.1 Å². The normalized spacial score (nSPS) is 22.1. The van der Waals surface area contributed by atoms with Crippen LogP contribution in [0.2, 0.25) is 0 Å². The number of amides is 3. The first-order valence-corrected chi connectivity index (χ1v) is 8.65. The Labute approximate surface area is 151 Å². The number of pyridine rings is 1. The van der Waals surface area contributed by atoms with Gasteiger partial charge in [-0.1, -0.05) is 30.3 Å². The molecule has 1 atom stereocenters. The molecule has 1 aromatic carbocycles. The van der Waals surface area contributed by atoms with Crippen LogP contribution in [0.3, 0.4) is 0 Å². The predicted molar refractivity (Wildman–Crippen MR) is 95.1 cm³/mol. The summed E-state index contributed by atoms with van der Waals surface area (Å²) in [5.41, 5.74) is 2.22. The monoisotopic (exact) mass is 349 g/mol. The van der Waals surface area contributed by atoms with E-state index in [0.29, 0.717) is 24.2 Å². The van der Waals surface area contributed by atoms with Gasteiger partial charge in [0.15, 0.2) is 0 Å². The Balaban J connectivity index is 1.68. The maximum atomic E-state index is 13.3. The Morgan fingerprint density at radius 2 is 1.96 bits per heavy atom. The van der Waals surface area contributed by atoms with Gasteiger partial charge in [0.25, 0.3) is 5.91 Å². The highest BCUT2D eigenvalue weighted by Gasteiger charge is 2.52. The summed E-state index contributed by atoms with van der Waals surface area (Å²) < 4.78 is 0. The Kier molecular flexibility index (Phi) is 3.83. The SMILES string of the molecule is Cc1nccc(-c2ccccc2)c1C(=O)N1CC[C@]2(CC(=O)NC2=O)C1. The summed E-state index contributed by atoms with van der Waals surface area (Å²) >= 11 is 0. The number of aromatic nitrogens is 1. The van der Waals surface area contributed by atoms with Gasteiger partial charge in [-0.15, -0.1) is 0 Å². The molecule has 2 fully saturated rings. The van der Waals surface area contributed by atoms with Gasteiger partial charge >= 0.3 is 0 Å². The Bertz CT molecular complexity index is 910. The number of hydrogen-bond acceptors (Lipinski definition) is 4. The number of carbonyl (C=O) groups excluding carboxylic acids is 3. The highest BCUT2D eigenvalue weighted by molar-refractivity contribution is 6.07. The molecule has 0 bridgehead atoms.